The minimum Gasteiger partial charge on any atom is -0.394 e. The number of rotatable bonds is 8. The van der Waals surface area contributed by atoms with Gasteiger partial charge in [0.2, 0.25) is 0 Å². The number of aliphatic hydroxyl groups is 1. The number of halogens is 5. The Morgan fingerprint density at radius 3 is 2.56 bits per heavy atom. The molecule has 8 nitrogen and oxygen atoms in total. The molecule has 2 amide bonds. The number of amides is 2. The molecule has 198 valence electrons. The minimum atomic E-state index is -4.62. The molecule has 3 heterocycles. The molecule has 1 aliphatic heterocycles. The number of carbonyl (C=O) groups is 2. The van der Waals surface area contributed by atoms with E-state index in [1.165, 1.54) is 11.8 Å². The average molecular weight is 536 g/mol. The highest BCUT2D eigenvalue weighted by Crippen LogP contribution is 2.39. The van der Waals surface area contributed by atoms with Gasteiger partial charge in [-0.3, -0.25) is 9.59 Å². The summed E-state index contributed by atoms with van der Waals surface area (Å²) >= 11 is 0.691. The minimum absolute atomic E-state index is 0.0425. The number of thiazole rings is 1. The average Bonchev–Trinajstić information content (AvgIpc) is 3.44. The number of pyridine rings is 1. The molecule has 0 radical (unpaired) electrons. The van der Waals surface area contributed by atoms with Crippen LogP contribution in [0.15, 0.2) is 12.3 Å². The predicted molar refractivity (Wildman–Crippen MR) is 123 cm³/mol. The molecule has 1 saturated heterocycles. The smallest absolute Gasteiger partial charge is 0.394 e. The maximum Gasteiger partial charge on any atom is 0.408 e. The van der Waals surface area contributed by atoms with Crippen LogP contribution in [0.3, 0.4) is 0 Å². The quantitative estimate of drug-likeness (QED) is 0.437. The van der Waals surface area contributed by atoms with Gasteiger partial charge in [0.05, 0.1) is 11.5 Å². The Morgan fingerprint density at radius 2 is 2.00 bits per heavy atom. The Bertz CT molecular complexity index is 1110. The molecular formula is C22H26F5N5O3S. The van der Waals surface area contributed by atoms with Gasteiger partial charge in [-0.25, -0.2) is 18.7 Å². The number of aromatic nitrogens is 2. The standard InChI is InChI=1S/C22H26F5N5O3S/c1-10(9-33)29-19(34)20-31-16(21(35)32-6-4-5-11(32)2)17(36-20)14-8-28-15(7-13(14)18(23)24)30-12(3)22(25,26)27/h7-8,10-12,18,33H,4-6,9H2,1-3H3,(H,28,30)(H,29,34)/t10-,11+,12+/m1/s1. The van der Waals surface area contributed by atoms with E-state index in [-0.39, 0.29) is 33.8 Å². The highest BCUT2D eigenvalue weighted by molar-refractivity contribution is 7.17. The molecule has 36 heavy (non-hydrogen) atoms. The van der Waals surface area contributed by atoms with Crippen LogP contribution in [0.5, 0.6) is 0 Å². The number of nitrogens with zero attached hydrogens (tertiary/aromatic N) is 3. The molecular weight excluding hydrogens is 509 g/mol. The molecule has 0 aromatic carbocycles. The highest BCUT2D eigenvalue weighted by atomic mass is 32.1. The van der Waals surface area contributed by atoms with Crippen LogP contribution >= 0.6 is 11.3 Å². The topological polar surface area (TPSA) is 107 Å². The van der Waals surface area contributed by atoms with Crippen molar-refractivity contribution in [3.63, 3.8) is 0 Å². The van der Waals surface area contributed by atoms with E-state index in [1.807, 2.05) is 6.92 Å². The van der Waals surface area contributed by atoms with Crippen LogP contribution in [-0.2, 0) is 0 Å². The van der Waals surface area contributed by atoms with Gasteiger partial charge >= 0.3 is 6.18 Å². The number of alkyl halides is 5. The van der Waals surface area contributed by atoms with Crippen molar-refractivity contribution in [3.8, 4) is 10.4 Å². The Balaban J connectivity index is 2.09. The maximum absolute atomic E-state index is 14.0. The van der Waals surface area contributed by atoms with Crippen molar-refractivity contribution < 1.29 is 36.6 Å². The Kier molecular flexibility index (Phi) is 8.49. The molecule has 0 spiro atoms. The molecule has 0 saturated carbocycles. The van der Waals surface area contributed by atoms with Crippen molar-refractivity contribution in [1.82, 2.24) is 20.2 Å². The third-order valence-corrected chi connectivity index (χ3v) is 6.85. The fraction of sp³-hybridized carbons (Fsp3) is 0.545. The summed E-state index contributed by atoms with van der Waals surface area (Å²) in [5.74, 6) is -1.67. The van der Waals surface area contributed by atoms with Gasteiger partial charge < -0.3 is 20.6 Å². The molecule has 2 aromatic heterocycles. The Morgan fingerprint density at radius 1 is 1.31 bits per heavy atom. The van der Waals surface area contributed by atoms with E-state index in [4.69, 9.17) is 0 Å². The molecule has 3 rings (SSSR count). The summed E-state index contributed by atoms with van der Waals surface area (Å²) in [5, 5.41) is 13.6. The van der Waals surface area contributed by atoms with E-state index in [9.17, 15) is 36.6 Å². The highest BCUT2D eigenvalue weighted by Gasteiger charge is 2.37. The number of carbonyl (C=O) groups excluding carboxylic acids is 2. The lowest BCUT2D eigenvalue weighted by Gasteiger charge is -2.21. The molecule has 14 heteroatoms. The molecule has 3 atom stereocenters. The third-order valence-electron chi connectivity index (χ3n) is 5.76. The number of hydrogen-bond donors (Lipinski definition) is 3. The lowest BCUT2D eigenvalue weighted by atomic mass is 10.1. The number of nitrogens with one attached hydrogen (secondary N) is 2. The van der Waals surface area contributed by atoms with Crippen LogP contribution in [0.2, 0.25) is 0 Å². The van der Waals surface area contributed by atoms with Gasteiger partial charge in [-0.15, -0.1) is 11.3 Å². The lowest BCUT2D eigenvalue weighted by molar-refractivity contribution is -0.138. The second-order valence-electron chi connectivity index (χ2n) is 8.61. The van der Waals surface area contributed by atoms with Gasteiger partial charge in [-0.1, -0.05) is 0 Å². The molecule has 2 aromatic rings. The third kappa shape index (κ3) is 6.09. The van der Waals surface area contributed by atoms with Crippen molar-refractivity contribution in [1.29, 1.82) is 0 Å². The largest absolute Gasteiger partial charge is 0.408 e. The molecule has 0 bridgehead atoms. The van der Waals surface area contributed by atoms with Crippen molar-refractivity contribution >= 4 is 29.0 Å². The first-order valence-corrected chi connectivity index (χ1v) is 12.0. The van der Waals surface area contributed by atoms with Crippen LogP contribution in [-0.4, -0.2) is 69.2 Å². The molecule has 1 fully saturated rings. The number of anilines is 1. The number of aliphatic hydroxyl groups excluding tert-OH is 1. The van der Waals surface area contributed by atoms with E-state index >= 15 is 0 Å². The van der Waals surface area contributed by atoms with E-state index < -0.39 is 47.9 Å². The fourth-order valence-corrected chi connectivity index (χ4v) is 4.66. The van der Waals surface area contributed by atoms with Gasteiger partial charge in [-0.2, -0.15) is 13.2 Å². The van der Waals surface area contributed by atoms with E-state index in [2.05, 4.69) is 20.6 Å². The number of hydrogen-bond acceptors (Lipinski definition) is 7. The van der Waals surface area contributed by atoms with Crippen LogP contribution in [0, 0.1) is 0 Å². The first-order valence-electron chi connectivity index (χ1n) is 11.2. The van der Waals surface area contributed by atoms with Gasteiger partial charge in [0, 0.05) is 36.0 Å². The normalized spacial score (nSPS) is 17.8. The van der Waals surface area contributed by atoms with E-state index in [1.54, 1.807) is 0 Å². The summed E-state index contributed by atoms with van der Waals surface area (Å²) < 4.78 is 66.8. The zero-order valence-corrected chi connectivity index (χ0v) is 20.5. The predicted octanol–water partition coefficient (Wildman–Crippen LogP) is 4.24. The summed E-state index contributed by atoms with van der Waals surface area (Å²) in [5.41, 5.74) is -1.09. The summed E-state index contributed by atoms with van der Waals surface area (Å²) in [6.07, 6.45) is -5.30. The molecule has 0 aliphatic carbocycles. The van der Waals surface area contributed by atoms with Gasteiger partial charge in [0.1, 0.15) is 17.6 Å². The zero-order chi connectivity index (χ0) is 26.8. The summed E-state index contributed by atoms with van der Waals surface area (Å²) in [7, 11) is 0. The number of likely N-dealkylation sites (tertiary alicyclic amines) is 1. The van der Waals surface area contributed by atoms with Crippen LogP contribution in [0.25, 0.3) is 10.4 Å². The summed E-state index contributed by atoms with van der Waals surface area (Å²) in [4.78, 5) is 35.5. The Hall–Kier alpha value is -2.87. The van der Waals surface area contributed by atoms with Crippen LogP contribution < -0.4 is 10.6 Å². The van der Waals surface area contributed by atoms with Crippen LogP contribution in [0.1, 0.15) is 65.9 Å². The molecule has 3 N–H and O–H groups in total. The van der Waals surface area contributed by atoms with E-state index in [0.29, 0.717) is 17.9 Å². The van der Waals surface area contributed by atoms with Gasteiger partial charge in [-0.05, 0) is 39.7 Å². The van der Waals surface area contributed by atoms with Crippen molar-refractivity contribution in [2.75, 3.05) is 18.5 Å². The first kappa shape index (κ1) is 27.7. The summed E-state index contributed by atoms with van der Waals surface area (Å²) in [6, 6.07) is -1.99. The monoisotopic (exact) mass is 535 g/mol. The first-order chi connectivity index (χ1) is 16.8. The van der Waals surface area contributed by atoms with Crippen molar-refractivity contribution in [2.45, 2.75) is 64.3 Å². The molecule has 1 aliphatic rings. The van der Waals surface area contributed by atoms with E-state index in [0.717, 1.165) is 32.0 Å². The lowest BCUT2D eigenvalue weighted by Crippen LogP contribution is -2.35. The fourth-order valence-electron chi connectivity index (χ4n) is 3.67. The van der Waals surface area contributed by atoms with Crippen LogP contribution in [0.4, 0.5) is 27.8 Å². The SMILES string of the molecule is C[C@H](CO)NC(=O)c1nc(C(=O)N2CCC[C@@H]2C)c(-c2cnc(N[C@@H](C)C(F)(F)F)cc2C(F)F)s1. The van der Waals surface area contributed by atoms with Crippen molar-refractivity contribution in [2.24, 2.45) is 0 Å². The van der Waals surface area contributed by atoms with Gasteiger partial charge in [0.15, 0.2) is 5.01 Å². The van der Waals surface area contributed by atoms with Gasteiger partial charge in [0.25, 0.3) is 18.2 Å². The molecule has 0 unspecified atom stereocenters. The van der Waals surface area contributed by atoms with Crippen molar-refractivity contribution in [3.05, 3.63) is 28.5 Å². The summed E-state index contributed by atoms with van der Waals surface area (Å²) in [6.45, 7) is 4.27. The Labute approximate surface area is 207 Å². The second kappa shape index (κ2) is 11.0. The maximum atomic E-state index is 14.0. The second-order valence-corrected chi connectivity index (χ2v) is 9.61. The zero-order valence-electron chi connectivity index (χ0n) is 19.7.